The van der Waals surface area contributed by atoms with Crippen LogP contribution in [0.3, 0.4) is 0 Å². The number of nitrogens with zero attached hydrogens (tertiary/aromatic N) is 1. The Hall–Kier alpha value is -1.64. The SMILES string of the molecule is CCC(C)c1ccc2ncc(=O)[nH]c2c1. The Labute approximate surface area is 88.2 Å². The lowest BCUT2D eigenvalue weighted by Crippen LogP contribution is -2.05. The smallest absolute Gasteiger partial charge is 0.266 e. The van der Waals surface area contributed by atoms with Crippen LogP contribution < -0.4 is 5.56 Å². The lowest BCUT2D eigenvalue weighted by atomic mass is 9.98. The van der Waals surface area contributed by atoms with Crippen LogP contribution >= 0.6 is 0 Å². The molecule has 15 heavy (non-hydrogen) atoms. The molecule has 3 heteroatoms. The quantitative estimate of drug-likeness (QED) is 0.813. The summed E-state index contributed by atoms with van der Waals surface area (Å²) < 4.78 is 0. The molecule has 0 aliphatic carbocycles. The fourth-order valence-electron chi connectivity index (χ4n) is 1.60. The Morgan fingerprint density at radius 1 is 1.47 bits per heavy atom. The van der Waals surface area contributed by atoms with Crippen molar-refractivity contribution in [3.63, 3.8) is 0 Å². The molecule has 0 amide bonds. The number of H-pyrrole nitrogens is 1. The first-order chi connectivity index (χ1) is 7.20. The zero-order chi connectivity index (χ0) is 10.8. The molecule has 0 aliphatic heterocycles. The highest BCUT2D eigenvalue weighted by molar-refractivity contribution is 5.74. The van der Waals surface area contributed by atoms with Gasteiger partial charge >= 0.3 is 0 Å². The molecule has 1 aromatic heterocycles. The van der Waals surface area contributed by atoms with Gasteiger partial charge in [0, 0.05) is 0 Å². The third-order valence-corrected chi connectivity index (χ3v) is 2.78. The van der Waals surface area contributed by atoms with Gasteiger partial charge in [-0.2, -0.15) is 0 Å². The number of nitrogens with one attached hydrogen (secondary N) is 1. The highest BCUT2D eigenvalue weighted by Crippen LogP contribution is 2.20. The van der Waals surface area contributed by atoms with Crippen LogP contribution in [0.1, 0.15) is 31.7 Å². The average molecular weight is 202 g/mol. The van der Waals surface area contributed by atoms with Crippen LogP contribution in [-0.2, 0) is 0 Å². The molecule has 0 fully saturated rings. The van der Waals surface area contributed by atoms with Crippen LogP contribution in [0.15, 0.2) is 29.2 Å². The van der Waals surface area contributed by atoms with Gasteiger partial charge in [0.1, 0.15) is 0 Å². The van der Waals surface area contributed by atoms with Crippen LogP contribution in [0.4, 0.5) is 0 Å². The molecule has 2 rings (SSSR count). The van der Waals surface area contributed by atoms with E-state index in [2.05, 4.69) is 29.9 Å². The van der Waals surface area contributed by atoms with E-state index in [-0.39, 0.29) is 5.56 Å². The van der Waals surface area contributed by atoms with E-state index in [1.54, 1.807) is 0 Å². The molecular formula is C12H14N2O. The summed E-state index contributed by atoms with van der Waals surface area (Å²) in [6.07, 6.45) is 2.40. The van der Waals surface area contributed by atoms with E-state index in [0.717, 1.165) is 17.5 Å². The van der Waals surface area contributed by atoms with Crippen molar-refractivity contribution >= 4 is 11.0 Å². The second-order valence-electron chi connectivity index (χ2n) is 3.83. The Kier molecular flexibility index (Phi) is 2.54. The zero-order valence-electron chi connectivity index (χ0n) is 8.95. The van der Waals surface area contributed by atoms with E-state index in [0.29, 0.717) is 5.92 Å². The minimum atomic E-state index is -0.149. The van der Waals surface area contributed by atoms with E-state index in [1.165, 1.54) is 11.8 Å². The summed E-state index contributed by atoms with van der Waals surface area (Å²) in [5.74, 6) is 0.512. The van der Waals surface area contributed by atoms with Crippen LogP contribution in [0.2, 0.25) is 0 Å². The predicted molar refractivity (Wildman–Crippen MR) is 61.1 cm³/mol. The molecule has 0 spiro atoms. The number of aromatic nitrogens is 2. The summed E-state index contributed by atoms with van der Waals surface area (Å²) in [5.41, 5.74) is 2.75. The fraction of sp³-hybridized carbons (Fsp3) is 0.333. The number of aromatic amines is 1. The maximum absolute atomic E-state index is 11.1. The Bertz CT molecular complexity index is 530. The number of benzene rings is 1. The van der Waals surface area contributed by atoms with Crippen molar-refractivity contribution in [1.29, 1.82) is 0 Å². The van der Waals surface area contributed by atoms with Crippen molar-refractivity contribution in [2.24, 2.45) is 0 Å². The molecule has 0 bridgehead atoms. The first-order valence-corrected chi connectivity index (χ1v) is 5.19. The van der Waals surface area contributed by atoms with Gasteiger partial charge in [0.15, 0.2) is 0 Å². The van der Waals surface area contributed by atoms with Gasteiger partial charge < -0.3 is 4.98 Å². The highest BCUT2D eigenvalue weighted by Gasteiger charge is 2.04. The van der Waals surface area contributed by atoms with Crippen LogP contribution in [0, 0.1) is 0 Å². The molecule has 3 nitrogen and oxygen atoms in total. The van der Waals surface area contributed by atoms with Gasteiger partial charge in [-0.3, -0.25) is 4.79 Å². The number of hydrogen-bond acceptors (Lipinski definition) is 2. The summed E-state index contributed by atoms with van der Waals surface area (Å²) in [6.45, 7) is 4.33. The molecule has 1 aromatic carbocycles. The number of fused-ring (bicyclic) bond motifs is 1. The fourth-order valence-corrected chi connectivity index (χ4v) is 1.60. The topological polar surface area (TPSA) is 45.8 Å². The second-order valence-corrected chi connectivity index (χ2v) is 3.83. The maximum Gasteiger partial charge on any atom is 0.266 e. The molecular weight excluding hydrogens is 188 g/mol. The molecule has 1 heterocycles. The van der Waals surface area contributed by atoms with E-state index >= 15 is 0 Å². The minimum absolute atomic E-state index is 0.149. The Morgan fingerprint density at radius 3 is 3.00 bits per heavy atom. The summed E-state index contributed by atoms with van der Waals surface area (Å²) in [4.78, 5) is 18.0. The van der Waals surface area contributed by atoms with Gasteiger partial charge in [-0.15, -0.1) is 0 Å². The average Bonchev–Trinajstić information content (AvgIpc) is 2.27. The van der Waals surface area contributed by atoms with E-state index in [4.69, 9.17) is 0 Å². The molecule has 0 aliphatic rings. The van der Waals surface area contributed by atoms with Crippen molar-refractivity contribution < 1.29 is 0 Å². The van der Waals surface area contributed by atoms with E-state index < -0.39 is 0 Å². The largest absolute Gasteiger partial charge is 0.319 e. The standard InChI is InChI=1S/C12H14N2O/c1-3-8(2)9-4-5-10-11(6-9)14-12(15)7-13-10/h4-8H,3H2,1-2H3,(H,14,15). The molecule has 1 atom stereocenters. The minimum Gasteiger partial charge on any atom is -0.319 e. The molecule has 2 aromatic rings. The number of hydrogen-bond donors (Lipinski definition) is 1. The predicted octanol–water partition coefficient (Wildman–Crippen LogP) is 2.44. The molecule has 0 radical (unpaired) electrons. The van der Waals surface area contributed by atoms with E-state index in [9.17, 15) is 4.79 Å². The van der Waals surface area contributed by atoms with Crippen LogP contribution in [0.5, 0.6) is 0 Å². The van der Waals surface area contributed by atoms with Crippen molar-refractivity contribution in [3.8, 4) is 0 Å². The van der Waals surface area contributed by atoms with Gasteiger partial charge in [0.25, 0.3) is 5.56 Å². The summed E-state index contributed by atoms with van der Waals surface area (Å²) in [7, 11) is 0. The molecule has 0 saturated carbocycles. The first-order valence-electron chi connectivity index (χ1n) is 5.19. The van der Waals surface area contributed by atoms with Gasteiger partial charge in [-0.1, -0.05) is 19.9 Å². The summed E-state index contributed by atoms with van der Waals surface area (Å²) >= 11 is 0. The van der Waals surface area contributed by atoms with Gasteiger partial charge in [-0.05, 0) is 30.0 Å². The monoisotopic (exact) mass is 202 g/mol. The zero-order valence-corrected chi connectivity index (χ0v) is 8.95. The molecule has 1 N–H and O–H groups in total. The third kappa shape index (κ3) is 1.91. The van der Waals surface area contributed by atoms with Crippen LogP contribution in [0.25, 0.3) is 11.0 Å². The van der Waals surface area contributed by atoms with Crippen molar-refractivity contribution in [3.05, 3.63) is 40.3 Å². The number of rotatable bonds is 2. The maximum atomic E-state index is 11.1. The van der Waals surface area contributed by atoms with Gasteiger partial charge in [0.05, 0.1) is 17.2 Å². The highest BCUT2D eigenvalue weighted by atomic mass is 16.1. The summed E-state index contributed by atoms with van der Waals surface area (Å²) in [6, 6.07) is 6.03. The van der Waals surface area contributed by atoms with Crippen LogP contribution in [-0.4, -0.2) is 9.97 Å². The third-order valence-electron chi connectivity index (χ3n) is 2.78. The van der Waals surface area contributed by atoms with Gasteiger partial charge in [0.2, 0.25) is 0 Å². The molecule has 78 valence electrons. The van der Waals surface area contributed by atoms with Crippen molar-refractivity contribution in [2.75, 3.05) is 0 Å². The lowest BCUT2D eigenvalue weighted by Gasteiger charge is -2.09. The Balaban J connectivity index is 2.59. The lowest BCUT2D eigenvalue weighted by molar-refractivity contribution is 0.734. The Morgan fingerprint density at radius 2 is 2.27 bits per heavy atom. The molecule has 0 saturated heterocycles. The van der Waals surface area contributed by atoms with Gasteiger partial charge in [-0.25, -0.2) is 4.98 Å². The first kappa shape index (κ1) is 9.90. The summed E-state index contributed by atoms with van der Waals surface area (Å²) in [5, 5.41) is 0. The van der Waals surface area contributed by atoms with Crippen molar-refractivity contribution in [1.82, 2.24) is 9.97 Å². The molecule has 1 unspecified atom stereocenters. The normalized spacial score (nSPS) is 12.9. The second kappa shape index (κ2) is 3.85. The van der Waals surface area contributed by atoms with Crippen molar-refractivity contribution in [2.45, 2.75) is 26.2 Å². The van der Waals surface area contributed by atoms with E-state index in [1.807, 2.05) is 12.1 Å².